The molecule has 1 saturated heterocycles. The van der Waals surface area contributed by atoms with Gasteiger partial charge in [-0.2, -0.15) is 5.10 Å². The van der Waals surface area contributed by atoms with Gasteiger partial charge in [0.05, 0.1) is 35.5 Å². The second-order valence-corrected chi connectivity index (χ2v) is 9.39. The van der Waals surface area contributed by atoms with Gasteiger partial charge in [-0.15, -0.1) is 0 Å². The minimum Gasteiger partial charge on any atom is -0.381 e. The highest BCUT2D eigenvalue weighted by atomic mass is 19.1. The van der Waals surface area contributed by atoms with Crippen molar-refractivity contribution in [1.82, 2.24) is 29.2 Å². The number of nitrogens with zero attached hydrogens (tertiary/aromatic N) is 7. The summed E-state index contributed by atoms with van der Waals surface area (Å²) in [5, 5.41) is 15.8. The molecule has 0 aliphatic carbocycles. The van der Waals surface area contributed by atoms with Crippen LogP contribution in [-0.2, 0) is 12.1 Å². The molecule has 9 nitrogen and oxygen atoms in total. The highest BCUT2D eigenvalue weighted by Crippen LogP contribution is 2.36. The molecule has 0 saturated carbocycles. The molecule has 0 unspecified atom stereocenters. The van der Waals surface area contributed by atoms with Crippen molar-refractivity contribution in [1.29, 1.82) is 0 Å². The van der Waals surface area contributed by atoms with E-state index in [4.69, 9.17) is 0 Å². The molecule has 5 rings (SSSR count). The molecule has 194 valence electrons. The van der Waals surface area contributed by atoms with Crippen molar-refractivity contribution in [2.45, 2.75) is 25.1 Å². The lowest BCUT2D eigenvalue weighted by Gasteiger charge is -2.36. The molecule has 0 amide bonds. The SMILES string of the molecule is C[C@@H](n1cnc2cc(N3CCN(C)CC3)c(F)cc2c1=O)[C@](O)(Cn1cncn1)c1ccc(F)cc1F. The molecule has 1 N–H and O–H groups in total. The van der Waals surface area contributed by atoms with Gasteiger partial charge in [0.25, 0.3) is 5.56 Å². The molecule has 37 heavy (non-hydrogen) atoms. The molecular formula is C25H26F3N7O2. The van der Waals surface area contributed by atoms with E-state index in [1.54, 1.807) is 6.07 Å². The summed E-state index contributed by atoms with van der Waals surface area (Å²) in [5.41, 5.74) is -2.24. The van der Waals surface area contributed by atoms with Crippen molar-refractivity contribution in [2.75, 3.05) is 38.1 Å². The van der Waals surface area contributed by atoms with Gasteiger partial charge in [0.2, 0.25) is 0 Å². The van der Waals surface area contributed by atoms with Crippen LogP contribution < -0.4 is 10.5 Å². The third-order valence-electron chi connectivity index (χ3n) is 7.07. The number of hydrogen-bond donors (Lipinski definition) is 1. The Morgan fingerprint density at radius 3 is 2.49 bits per heavy atom. The Labute approximate surface area is 210 Å². The molecule has 2 aromatic heterocycles. The van der Waals surface area contributed by atoms with Gasteiger partial charge in [0.15, 0.2) is 0 Å². The van der Waals surface area contributed by atoms with Gasteiger partial charge >= 0.3 is 0 Å². The number of benzene rings is 2. The Morgan fingerprint density at radius 2 is 1.81 bits per heavy atom. The summed E-state index contributed by atoms with van der Waals surface area (Å²) in [6, 6.07) is 4.39. The van der Waals surface area contributed by atoms with Crippen LogP contribution in [0.4, 0.5) is 18.9 Å². The zero-order valence-corrected chi connectivity index (χ0v) is 20.4. The summed E-state index contributed by atoms with van der Waals surface area (Å²) >= 11 is 0. The maximum Gasteiger partial charge on any atom is 0.261 e. The Morgan fingerprint density at radius 1 is 1.05 bits per heavy atom. The van der Waals surface area contributed by atoms with Crippen LogP contribution in [0.5, 0.6) is 0 Å². The Hall–Kier alpha value is -3.77. The lowest BCUT2D eigenvalue weighted by Crippen LogP contribution is -2.45. The zero-order chi connectivity index (χ0) is 26.3. The van der Waals surface area contributed by atoms with Crippen molar-refractivity contribution < 1.29 is 18.3 Å². The predicted molar refractivity (Wildman–Crippen MR) is 131 cm³/mol. The Balaban J connectivity index is 1.58. The minimum atomic E-state index is -2.07. The van der Waals surface area contributed by atoms with E-state index in [1.165, 1.54) is 30.6 Å². The molecule has 0 bridgehead atoms. The first-order valence-corrected chi connectivity index (χ1v) is 11.8. The minimum absolute atomic E-state index is 0.0208. The summed E-state index contributed by atoms with van der Waals surface area (Å²) in [7, 11) is 2.00. The molecule has 2 atom stereocenters. The van der Waals surface area contributed by atoms with Crippen LogP contribution in [-0.4, -0.2) is 67.5 Å². The first-order valence-electron chi connectivity index (χ1n) is 11.8. The second kappa shape index (κ2) is 9.60. The molecule has 0 radical (unpaired) electrons. The summed E-state index contributed by atoms with van der Waals surface area (Å²) in [4.78, 5) is 25.8. The van der Waals surface area contributed by atoms with E-state index in [0.717, 1.165) is 35.9 Å². The van der Waals surface area contributed by atoms with Crippen LogP contribution in [0.2, 0.25) is 0 Å². The van der Waals surface area contributed by atoms with Gasteiger partial charge in [-0.25, -0.2) is 27.8 Å². The molecule has 1 fully saturated rings. The van der Waals surface area contributed by atoms with E-state index in [2.05, 4.69) is 20.0 Å². The first-order chi connectivity index (χ1) is 17.7. The number of halogens is 3. The third kappa shape index (κ3) is 4.58. The van der Waals surface area contributed by atoms with Crippen LogP contribution in [0.3, 0.4) is 0 Å². The molecule has 4 aromatic rings. The molecule has 2 aromatic carbocycles. The summed E-state index contributed by atoms with van der Waals surface area (Å²) in [6.07, 6.45) is 3.82. The fourth-order valence-electron chi connectivity index (χ4n) is 4.78. The zero-order valence-electron chi connectivity index (χ0n) is 20.4. The summed E-state index contributed by atoms with van der Waals surface area (Å²) in [6.45, 7) is 4.07. The highest BCUT2D eigenvalue weighted by Gasteiger charge is 2.41. The van der Waals surface area contributed by atoms with Gasteiger partial charge in [0, 0.05) is 37.8 Å². The van der Waals surface area contributed by atoms with Crippen LogP contribution >= 0.6 is 0 Å². The monoisotopic (exact) mass is 513 g/mol. The number of likely N-dealkylation sites (N-methyl/N-ethyl adjacent to an activating group) is 1. The Bertz CT molecular complexity index is 1490. The molecule has 12 heteroatoms. The first kappa shape index (κ1) is 24.9. The molecule has 0 spiro atoms. The number of rotatable bonds is 6. The van der Waals surface area contributed by atoms with Crippen molar-refractivity contribution in [3.63, 3.8) is 0 Å². The second-order valence-electron chi connectivity index (χ2n) is 9.39. The maximum absolute atomic E-state index is 15.2. The van der Waals surface area contributed by atoms with Crippen LogP contribution in [0.15, 0.2) is 54.1 Å². The number of aliphatic hydroxyl groups is 1. The van der Waals surface area contributed by atoms with Gasteiger partial charge in [-0.1, -0.05) is 6.07 Å². The topological polar surface area (TPSA) is 92.3 Å². The normalized spacial score (nSPS) is 17.2. The number of anilines is 1. The van der Waals surface area contributed by atoms with Gasteiger partial charge in [-0.05, 0) is 32.2 Å². The van der Waals surface area contributed by atoms with E-state index in [9.17, 15) is 18.7 Å². The lowest BCUT2D eigenvalue weighted by molar-refractivity contribution is -0.0343. The number of aromatic nitrogens is 5. The average Bonchev–Trinajstić information content (AvgIpc) is 3.37. The fourth-order valence-corrected chi connectivity index (χ4v) is 4.78. The average molecular weight is 514 g/mol. The summed E-state index contributed by atoms with van der Waals surface area (Å²) < 4.78 is 46.1. The molecule has 3 heterocycles. The van der Waals surface area contributed by atoms with E-state index < -0.39 is 34.7 Å². The molecule has 1 aliphatic heterocycles. The van der Waals surface area contributed by atoms with E-state index in [-0.39, 0.29) is 17.5 Å². The van der Waals surface area contributed by atoms with Gasteiger partial charge in [0.1, 0.15) is 35.7 Å². The predicted octanol–water partition coefficient (Wildman–Crippen LogP) is 2.31. The summed E-state index contributed by atoms with van der Waals surface area (Å²) in [5.74, 6) is -2.35. The fraction of sp³-hybridized carbons (Fsp3) is 0.360. The van der Waals surface area contributed by atoms with Gasteiger partial charge < -0.3 is 14.9 Å². The lowest BCUT2D eigenvalue weighted by atomic mass is 9.86. The van der Waals surface area contributed by atoms with Crippen LogP contribution in [0, 0.1) is 17.5 Å². The third-order valence-corrected chi connectivity index (χ3v) is 7.07. The van der Waals surface area contributed by atoms with Crippen molar-refractivity contribution >= 4 is 16.6 Å². The number of piperazine rings is 1. The van der Waals surface area contributed by atoms with Crippen LogP contribution in [0.1, 0.15) is 18.5 Å². The van der Waals surface area contributed by atoms with Gasteiger partial charge in [-0.3, -0.25) is 9.36 Å². The maximum atomic E-state index is 15.2. The standard InChI is InChI=1S/C25H26F3N7O2/c1-16(25(37,12-34-14-29-13-31-34)19-4-3-17(26)9-20(19)27)35-15-30-22-11-23(21(28)10-18(22)24(35)36)33-7-5-32(2)6-8-33/h3-4,9-11,13-16,37H,5-8,12H2,1-2H3/t16-,25-/m1/s1. The largest absolute Gasteiger partial charge is 0.381 e. The van der Waals surface area contributed by atoms with E-state index in [1.807, 2.05) is 11.9 Å². The van der Waals surface area contributed by atoms with E-state index in [0.29, 0.717) is 30.4 Å². The number of hydrogen-bond acceptors (Lipinski definition) is 7. The highest BCUT2D eigenvalue weighted by molar-refractivity contribution is 5.82. The van der Waals surface area contributed by atoms with Crippen molar-refractivity contribution in [3.8, 4) is 0 Å². The smallest absolute Gasteiger partial charge is 0.261 e. The van der Waals surface area contributed by atoms with E-state index >= 15 is 4.39 Å². The quantitative estimate of drug-likeness (QED) is 0.423. The van der Waals surface area contributed by atoms with Crippen molar-refractivity contribution in [2.24, 2.45) is 0 Å². The number of fused-ring (bicyclic) bond motifs is 1. The van der Waals surface area contributed by atoms with Crippen LogP contribution in [0.25, 0.3) is 10.9 Å². The van der Waals surface area contributed by atoms with Crippen molar-refractivity contribution in [3.05, 3.63) is 82.7 Å². The molecule has 1 aliphatic rings. The molecular weight excluding hydrogens is 487 g/mol. The Kier molecular flexibility index (Phi) is 6.46.